The van der Waals surface area contributed by atoms with Gasteiger partial charge in [-0.1, -0.05) is 48.3 Å². The second kappa shape index (κ2) is 9.88. The molecule has 0 N–H and O–H groups in total. The Morgan fingerprint density at radius 1 is 1.11 bits per heavy atom. The number of aromatic nitrogens is 1. The zero-order valence-electron chi connectivity index (χ0n) is 19.2. The van der Waals surface area contributed by atoms with E-state index >= 15 is 0 Å². The summed E-state index contributed by atoms with van der Waals surface area (Å²) < 4.78 is 17.3. The predicted molar refractivity (Wildman–Crippen MR) is 139 cm³/mol. The number of hydrogen-bond acceptors (Lipinski definition) is 5. The summed E-state index contributed by atoms with van der Waals surface area (Å²) in [4.78, 5) is 12.2. The topological polar surface area (TPSA) is 61.6 Å². The van der Waals surface area contributed by atoms with E-state index in [0.717, 1.165) is 22.5 Å². The Bertz CT molecular complexity index is 1340. The molecule has 3 aromatic rings. The molecule has 0 saturated heterocycles. The Labute approximate surface area is 214 Å². The first kappa shape index (κ1) is 23.6. The molecule has 1 aliphatic heterocycles. The summed E-state index contributed by atoms with van der Waals surface area (Å²) in [6, 6.07) is 13.1. The molecule has 5 nitrogen and oxygen atoms in total. The maximum atomic E-state index is 12.2. The Morgan fingerprint density at radius 3 is 2.57 bits per heavy atom. The van der Waals surface area contributed by atoms with Crippen molar-refractivity contribution in [3.63, 3.8) is 0 Å². The molecule has 2 aliphatic rings. The normalized spacial score (nSPS) is 18.7. The molecular formula is C27H22BCl2NO4. The molecule has 176 valence electrons. The van der Waals surface area contributed by atoms with Gasteiger partial charge in [0.15, 0.2) is 0 Å². The first-order valence-corrected chi connectivity index (χ1v) is 12.1. The molecule has 0 saturated carbocycles. The van der Waals surface area contributed by atoms with E-state index in [-0.39, 0.29) is 30.3 Å². The third kappa shape index (κ3) is 4.73. The van der Waals surface area contributed by atoms with Crippen molar-refractivity contribution in [2.75, 3.05) is 0 Å². The fraction of sp³-hybridized carbons (Fsp3) is 0.222. The fourth-order valence-electron chi connectivity index (χ4n) is 4.27. The van der Waals surface area contributed by atoms with Crippen LogP contribution < -0.4 is 4.74 Å². The van der Waals surface area contributed by atoms with E-state index in [1.54, 1.807) is 18.2 Å². The minimum absolute atomic E-state index is 0.0483. The van der Waals surface area contributed by atoms with Gasteiger partial charge < -0.3 is 4.52 Å². The molecule has 0 spiro atoms. The van der Waals surface area contributed by atoms with Gasteiger partial charge in [-0.3, -0.25) is 0 Å². The van der Waals surface area contributed by atoms with Crippen LogP contribution in [0.15, 0.2) is 65.2 Å². The van der Waals surface area contributed by atoms with Crippen LogP contribution in [0.3, 0.4) is 0 Å². The van der Waals surface area contributed by atoms with E-state index < -0.39 is 0 Å². The van der Waals surface area contributed by atoms with Gasteiger partial charge in [-0.15, -0.1) is 0 Å². The molecule has 0 radical (unpaired) electrons. The summed E-state index contributed by atoms with van der Waals surface area (Å²) in [7, 11) is 1.46. The fourth-order valence-corrected chi connectivity index (χ4v) is 4.85. The number of hydrogen-bond donors (Lipinski definition) is 0. The molecule has 5 rings (SSSR count). The van der Waals surface area contributed by atoms with Crippen LogP contribution in [0.25, 0.3) is 16.8 Å². The van der Waals surface area contributed by atoms with E-state index in [9.17, 15) is 4.79 Å². The van der Waals surface area contributed by atoms with Crippen LogP contribution in [0.5, 0.6) is 5.75 Å². The van der Waals surface area contributed by atoms with Gasteiger partial charge in [0.25, 0.3) is 0 Å². The standard InChI is InChI=1S/C27H22BCl2NO4/c1-15(2)27-20(26(31-35-27)25-21(29)4-3-5-22(25)30)14-33-18-9-6-16(7-10-18)17-8-11-24-19(12-17)23(32)13-28-34-24/h3-13,15,19,24H,14H2,1-2H3. The average molecular weight is 506 g/mol. The summed E-state index contributed by atoms with van der Waals surface area (Å²) in [5.74, 6) is 2.76. The molecule has 2 aromatic carbocycles. The minimum atomic E-state index is -0.297. The number of ketones is 1. The monoisotopic (exact) mass is 505 g/mol. The van der Waals surface area contributed by atoms with Gasteiger partial charge in [0.05, 0.1) is 10.0 Å². The van der Waals surface area contributed by atoms with Crippen molar-refractivity contribution < 1.29 is 18.7 Å². The Morgan fingerprint density at radius 2 is 1.86 bits per heavy atom. The van der Waals surface area contributed by atoms with Crippen molar-refractivity contribution in [2.45, 2.75) is 32.5 Å². The van der Waals surface area contributed by atoms with Crippen LogP contribution in [0.4, 0.5) is 0 Å². The van der Waals surface area contributed by atoms with Crippen LogP contribution in [-0.4, -0.2) is 30.1 Å². The third-order valence-electron chi connectivity index (χ3n) is 6.09. The molecule has 2 unspecified atom stereocenters. The second-order valence-electron chi connectivity index (χ2n) is 8.75. The molecular weight excluding hydrogens is 484 g/mol. The van der Waals surface area contributed by atoms with E-state index in [1.807, 2.05) is 56.3 Å². The summed E-state index contributed by atoms with van der Waals surface area (Å²) in [6.45, 7) is 4.31. The molecule has 1 aliphatic carbocycles. The quantitative estimate of drug-likeness (QED) is 0.367. The summed E-state index contributed by atoms with van der Waals surface area (Å²) in [6.07, 6.45) is 5.62. The maximum absolute atomic E-state index is 12.2. The van der Waals surface area contributed by atoms with Gasteiger partial charge in [-0.2, -0.15) is 0 Å². The number of Topliss-reactive ketones (excluding diaryl/α,β-unsaturated/α-hetero) is 1. The second-order valence-corrected chi connectivity index (χ2v) is 9.57. The van der Waals surface area contributed by atoms with Crippen molar-refractivity contribution in [3.05, 3.63) is 87.6 Å². The zero-order chi connectivity index (χ0) is 24.5. The molecule has 0 bridgehead atoms. The first-order chi connectivity index (χ1) is 16.9. The summed E-state index contributed by atoms with van der Waals surface area (Å²) in [5.41, 5.74) is 3.99. The van der Waals surface area contributed by atoms with Gasteiger partial charge in [0.1, 0.15) is 11.5 Å². The molecule has 1 aromatic heterocycles. The van der Waals surface area contributed by atoms with E-state index in [0.29, 0.717) is 27.1 Å². The summed E-state index contributed by atoms with van der Waals surface area (Å²) >= 11 is 12.9. The van der Waals surface area contributed by atoms with E-state index in [2.05, 4.69) is 5.16 Å². The van der Waals surface area contributed by atoms with Gasteiger partial charge in [0, 0.05) is 11.5 Å². The van der Waals surface area contributed by atoms with Gasteiger partial charge in [-0.05, 0) is 12.1 Å². The number of fused-ring (bicyclic) bond motifs is 1. The van der Waals surface area contributed by atoms with Crippen molar-refractivity contribution >= 4 is 47.6 Å². The number of carbonyl (C=O) groups excluding carboxylic acids is 1. The molecule has 8 heteroatoms. The van der Waals surface area contributed by atoms with Crippen LogP contribution in [0.2, 0.25) is 10.0 Å². The van der Waals surface area contributed by atoms with Crippen molar-refractivity contribution in [1.82, 2.24) is 5.16 Å². The molecule has 35 heavy (non-hydrogen) atoms. The number of ether oxygens (including phenoxy) is 1. The average Bonchev–Trinajstić information content (AvgIpc) is 3.27. The predicted octanol–water partition coefficient (Wildman–Crippen LogP) is 6.31. The van der Waals surface area contributed by atoms with Crippen molar-refractivity contribution in [1.29, 1.82) is 0 Å². The third-order valence-corrected chi connectivity index (χ3v) is 6.72. The first-order valence-electron chi connectivity index (χ1n) is 11.3. The Balaban J connectivity index is 1.36. The number of allylic oxidation sites excluding steroid dienone is 2. The number of nitrogens with zero attached hydrogens (tertiary/aromatic N) is 1. The van der Waals surface area contributed by atoms with Crippen LogP contribution in [-0.2, 0) is 16.1 Å². The number of rotatable bonds is 6. The summed E-state index contributed by atoms with van der Waals surface area (Å²) in [5, 5.41) is 5.27. The van der Waals surface area contributed by atoms with E-state index in [4.69, 9.17) is 37.1 Å². The van der Waals surface area contributed by atoms with Crippen molar-refractivity contribution in [2.24, 2.45) is 5.92 Å². The molecule has 0 amide bonds. The Hall–Kier alpha value is -3.09. The van der Waals surface area contributed by atoms with Crippen molar-refractivity contribution in [3.8, 4) is 17.0 Å². The Kier molecular flexibility index (Phi) is 6.68. The van der Waals surface area contributed by atoms with Crippen LogP contribution in [0.1, 0.15) is 36.7 Å². The van der Waals surface area contributed by atoms with E-state index in [1.165, 1.54) is 13.1 Å². The molecule has 2 heterocycles. The number of carbonyl (C=O) groups is 1. The van der Waals surface area contributed by atoms with Gasteiger partial charge in [-0.25, -0.2) is 0 Å². The molecule has 2 atom stereocenters. The zero-order valence-corrected chi connectivity index (χ0v) is 20.7. The van der Waals surface area contributed by atoms with Gasteiger partial charge >= 0.3 is 117 Å². The number of halogens is 2. The number of benzene rings is 2. The van der Waals surface area contributed by atoms with Crippen LogP contribution in [0, 0.1) is 5.92 Å². The van der Waals surface area contributed by atoms with Crippen LogP contribution >= 0.6 is 23.2 Å². The molecule has 0 fully saturated rings. The SMILES string of the molecule is CC(C)c1onc(-c2c(Cl)cccc2Cl)c1COc1ccc(C2=CC3C(=O)C=BOC3C=C2)cc1. The van der Waals surface area contributed by atoms with Gasteiger partial charge in [0.2, 0.25) is 0 Å².